The van der Waals surface area contributed by atoms with Crippen LogP contribution in [-0.4, -0.2) is 28.7 Å². The third kappa shape index (κ3) is 4.44. The van der Waals surface area contributed by atoms with Crippen LogP contribution in [0.1, 0.15) is 31.4 Å². The minimum absolute atomic E-state index is 0.0238. The molecular formula is C22H28N2O2. The van der Waals surface area contributed by atoms with Gasteiger partial charge in [-0.2, -0.15) is 0 Å². The summed E-state index contributed by atoms with van der Waals surface area (Å²) in [6, 6.07) is 21.1. The smallest absolute Gasteiger partial charge is 0.404 e. The number of nitrogens with one attached hydrogen (secondary N) is 1. The molecule has 2 N–H and O–H groups in total. The molecule has 1 aliphatic rings. The standard InChI is InChI=1S/C22H28N2O2/c1-22(2)19(13-20(22)23-21(25)26)16-24(14-17-9-5-3-6-10-17)15-18-11-7-4-8-12-18/h3-12,19-20,23H,13-16H2,1-2H3,(H,25,26)/t19-,20-/m0/s1. The SMILES string of the molecule is CC1(C)[C@H](CN(Cc2ccccc2)Cc2ccccc2)C[C@@H]1NC(=O)O. The highest BCUT2D eigenvalue weighted by molar-refractivity contribution is 5.65. The first-order valence-electron chi connectivity index (χ1n) is 9.25. The molecule has 0 spiro atoms. The number of hydrogen-bond acceptors (Lipinski definition) is 2. The highest BCUT2D eigenvalue weighted by Gasteiger charge is 2.49. The van der Waals surface area contributed by atoms with E-state index in [4.69, 9.17) is 5.11 Å². The molecule has 0 heterocycles. The van der Waals surface area contributed by atoms with Gasteiger partial charge in [-0.25, -0.2) is 4.79 Å². The molecule has 2 aromatic carbocycles. The Morgan fingerprint density at radius 3 is 1.96 bits per heavy atom. The highest BCUT2D eigenvalue weighted by atomic mass is 16.4. The highest BCUT2D eigenvalue weighted by Crippen LogP contribution is 2.46. The summed E-state index contributed by atoms with van der Waals surface area (Å²) >= 11 is 0. The molecule has 0 bridgehead atoms. The molecule has 4 heteroatoms. The molecule has 1 aliphatic carbocycles. The molecule has 1 saturated carbocycles. The predicted molar refractivity (Wildman–Crippen MR) is 104 cm³/mol. The second kappa shape index (κ2) is 7.92. The molecule has 2 aromatic rings. The largest absolute Gasteiger partial charge is 0.465 e. The number of hydrogen-bond donors (Lipinski definition) is 2. The normalized spacial score (nSPS) is 21.2. The summed E-state index contributed by atoms with van der Waals surface area (Å²) in [5.41, 5.74) is 2.59. The topological polar surface area (TPSA) is 52.6 Å². The predicted octanol–water partition coefficient (Wildman–Crippen LogP) is 4.37. The molecule has 138 valence electrons. The van der Waals surface area contributed by atoms with Gasteiger partial charge in [0.2, 0.25) is 0 Å². The van der Waals surface area contributed by atoms with Gasteiger partial charge in [-0.1, -0.05) is 74.5 Å². The van der Waals surface area contributed by atoms with E-state index in [-0.39, 0.29) is 11.5 Å². The van der Waals surface area contributed by atoms with E-state index in [1.165, 1.54) is 11.1 Å². The van der Waals surface area contributed by atoms with E-state index < -0.39 is 6.09 Å². The van der Waals surface area contributed by atoms with E-state index in [0.29, 0.717) is 5.92 Å². The maximum Gasteiger partial charge on any atom is 0.404 e. The number of benzene rings is 2. The Bertz CT molecular complexity index is 674. The Morgan fingerprint density at radius 2 is 1.54 bits per heavy atom. The van der Waals surface area contributed by atoms with Crippen LogP contribution < -0.4 is 5.32 Å². The zero-order valence-electron chi connectivity index (χ0n) is 15.6. The lowest BCUT2D eigenvalue weighted by atomic mass is 9.58. The third-order valence-corrected chi connectivity index (χ3v) is 5.74. The summed E-state index contributed by atoms with van der Waals surface area (Å²) < 4.78 is 0. The van der Waals surface area contributed by atoms with Crippen molar-refractivity contribution in [3.8, 4) is 0 Å². The molecular weight excluding hydrogens is 324 g/mol. The first kappa shape index (κ1) is 18.5. The van der Waals surface area contributed by atoms with E-state index in [1.807, 2.05) is 12.1 Å². The maximum atomic E-state index is 11.0. The molecule has 0 radical (unpaired) electrons. The van der Waals surface area contributed by atoms with E-state index in [0.717, 1.165) is 26.1 Å². The number of amides is 1. The molecule has 26 heavy (non-hydrogen) atoms. The van der Waals surface area contributed by atoms with Gasteiger partial charge in [0.05, 0.1) is 0 Å². The number of rotatable bonds is 7. The lowest BCUT2D eigenvalue weighted by Gasteiger charge is -2.53. The number of carbonyl (C=O) groups is 1. The molecule has 0 aliphatic heterocycles. The first-order valence-corrected chi connectivity index (χ1v) is 9.25. The van der Waals surface area contributed by atoms with Crippen LogP contribution in [0.4, 0.5) is 4.79 Å². The van der Waals surface area contributed by atoms with Gasteiger partial charge >= 0.3 is 6.09 Å². The fraction of sp³-hybridized carbons (Fsp3) is 0.409. The first-order chi connectivity index (χ1) is 12.4. The van der Waals surface area contributed by atoms with Gasteiger partial charge in [-0.3, -0.25) is 4.90 Å². The second-order valence-corrected chi connectivity index (χ2v) is 7.90. The number of carboxylic acid groups (broad SMARTS) is 1. The maximum absolute atomic E-state index is 11.0. The summed E-state index contributed by atoms with van der Waals surface area (Å²) in [4.78, 5) is 13.5. The van der Waals surface area contributed by atoms with Crippen molar-refractivity contribution in [1.82, 2.24) is 10.2 Å². The van der Waals surface area contributed by atoms with Gasteiger partial charge in [-0.05, 0) is 28.9 Å². The summed E-state index contributed by atoms with van der Waals surface area (Å²) in [7, 11) is 0. The molecule has 0 saturated heterocycles. The summed E-state index contributed by atoms with van der Waals surface area (Å²) in [5, 5.41) is 11.7. The molecule has 3 rings (SSSR count). The fourth-order valence-corrected chi connectivity index (χ4v) is 3.90. The fourth-order valence-electron chi connectivity index (χ4n) is 3.90. The Balaban J connectivity index is 1.68. The Labute approximate surface area is 155 Å². The molecule has 1 amide bonds. The molecule has 4 nitrogen and oxygen atoms in total. The molecule has 1 fully saturated rings. The van der Waals surface area contributed by atoms with Crippen LogP contribution in [0.5, 0.6) is 0 Å². The van der Waals surface area contributed by atoms with Crippen LogP contribution in [-0.2, 0) is 13.1 Å². The van der Waals surface area contributed by atoms with Gasteiger partial charge in [-0.15, -0.1) is 0 Å². The van der Waals surface area contributed by atoms with Crippen LogP contribution in [0.25, 0.3) is 0 Å². The van der Waals surface area contributed by atoms with Crippen molar-refractivity contribution in [1.29, 1.82) is 0 Å². The average Bonchev–Trinajstić information content (AvgIpc) is 2.62. The van der Waals surface area contributed by atoms with Crippen molar-refractivity contribution in [2.75, 3.05) is 6.54 Å². The molecule has 2 atom stereocenters. The van der Waals surface area contributed by atoms with E-state index in [1.54, 1.807) is 0 Å². The van der Waals surface area contributed by atoms with Crippen molar-refractivity contribution in [2.45, 2.75) is 39.4 Å². The zero-order chi connectivity index (χ0) is 18.6. The monoisotopic (exact) mass is 352 g/mol. The summed E-state index contributed by atoms with van der Waals surface area (Å²) in [5.74, 6) is 0.478. The van der Waals surface area contributed by atoms with Gasteiger partial charge in [0, 0.05) is 25.7 Å². The van der Waals surface area contributed by atoms with E-state index in [2.05, 4.69) is 72.6 Å². The summed E-state index contributed by atoms with van der Waals surface area (Å²) in [6.07, 6.45) is -0.0220. The van der Waals surface area contributed by atoms with Crippen LogP contribution in [0.3, 0.4) is 0 Å². The van der Waals surface area contributed by atoms with Crippen LogP contribution in [0, 0.1) is 11.3 Å². The second-order valence-electron chi connectivity index (χ2n) is 7.90. The summed E-state index contributed by atoms with van der Waals surface area (Å²) in [6.45, 7) is 7.11. The van der Waals surface area contributed by atoms with Crippen LogP contribution in [0.15, 0.2) is 60.7 Å². The van der Waals surface area contributed by atoms with Crippen molar-refractivity contribution >= 4 is 6.09 Å². The van der Waals surface area contributed by atoms with E-state index >= 15 is 0 Å². The minimum atomic E-state index is -0.924. The van der Waals surface area contributed by atoms with Crippen molar-refractivity contribution in [2.24, 2.45) is 11.3 Å². The van der Waals surface area contributed by atoms with Crippen molar-refractivity contribution < 1.29 is 9.90 Å². The lowest BCUT2D eigenvalue weighted by molar-refractivity contribution is -0.0108. The van der Waals surface area contributed by atoms with Crippen molar-refractivity contribution in [3.05, 3.63) is 71.8 Å². The van der Waals surface area contributed by atoms with Gasteiger partial charge in [0.1, 0.15) is 0 Å². The van der Waals surface area contributed by atoms with Crippen LogP contribution in [0.2, 0.25) is 0 Å². The average molecular weight is 352 g/mol. The molecule has 0 unspecified atom stereocenters. The lowest BCUT2D eigenvalue weighted by Crippen LogP contribution is -2.60. The quantitative estimate of drug-likeness (QED) is 0.778. The van der Waals surface area contributed by atoms with E-state index in [9.17, 15) is 4.79 Å². The minimum Gasteiger partial charge on any atom is -0.465 e. The third-order valence-electron chi connectivity index (χ3n) is 5.74. The zero-order valence-corrected chi connectivity index (χ0v) is 15.6. The molecule has 0 aromatic heterocycles. The van der Waals surface area contributed by atoms with Gasteiger partial charge in [0.15, 0.2) is 0 Å². The Hall–Kier alpha value is -2.33. The Kier molecular flexibility index (Phi) is 5.62. The van der Waals surface area contributed by atoms with Gasteiger partial charge in [0.25, 0.3) is 0 Å². The number of nitrogens with zero attached hydrogens (tertiary/aromatic N) is 1. The Morgan fingerprint density at radius 1 is 1.04 bits per heavy atom. The van der Waals surface area contributed by atoms with Gasteiger partial charge < -0.3 is 10.4 Å². The van der Waals surface area contributed by atoms with Crippen LogP contribution >= 0.6 is 0 Å². The van der Waals surface area contributed by atoms with Crippen molar-refractivity contribution in [3.63, 3.8) is 0 Å².